The summed E-state index contributed by atoms with van der Waals surface area (Å²) in [4.78, 5) is 26.3. The molecule has 18 heavy (non-hydrogen) atoms. The highest BCUT2D eigenvalue weighted by Gasteiger charge is 2.18. The van der Waals surface area contributed by atoms with E-state index in [0.29, 0.717) is 12.4 Å². The Labute approximate surface area is 103 Å². The molecule has 1 aromatic heterocycles. The number of nitrogens with zero attached hydrogens (tertiary/aromatic N) is 1. The Balaban J connectivity index is 2.22. The molecule has 1 aromatic carbocycles. The Hall–Kier alpha value is -2.37. The second-order valence-electron chi connectivity index (χ2n) is 3.92. The molecule has 0 radical (unpaired) electrons. The number of anilines is 2. The zero-order valence-electron chi connectivity index (χ0n) is 10.1. The molecule has 2 rings (SSSR count). The van der Waals surface area contributed by atoms with E-state index in [4.69, 9.17) is 10.5 Å². The topological polar surface area (TPSA) is 94.3 Å². The van der Waals surface area contributed by atoms with Gasteiger partial charge in [-0.2, -0.15) is 0 Å². The molecule has 0 saturated heterocycles. The summed E-state index contributed by atoms with van der Waals surface area (Å²) >= 11 is 0. The van der Waals surface area contributed by atoms with Crippen LogP contribution in [-0.4, -0.2) is 12.1 Å². The molecule has 0 bridgehead atoms. The van der Waals surface area contributed by atoms with Gasteiger partial charge in [-0.15, -0.1) is 0 Å². The van der Waals surface area contributed by atoms with E-state index in [0.717, 1.165) is 11.1 Å². The van der Waals surface area contributed by atoms with E-state index in [2.05, 4.69) is 10.3 Å². The number of methoxy groups -OCH3 is 1. The van der Waals surface area contributed by atoms with Gasteiger partial charge in [0.25, 0.3) is 10.9 Å². The molecule has 0 fully saturated rings. The summed E-state index contributed by atoms with van der Waals surface area (Å²) in [5, 5.41) is 2.85. The zero-order valence-corrected chi connectivity index (χ0v) is 10.1. The van der Waals surface area contributed by atoms with Crippen molar-refractivity contribution in [3.05, 3.63) is 43.8 Å². The minimum atomic E-state index is -0.632. The molecule has 94 valence electrons. The van der Waals surface area contributed by atoms with E-state index >= 15 is 0 Å². The van der Waals surface area contributed by atoms with Gasteiger partial charge in [0.2, 0.25) is 5.88 Å². The Morgan fingerprint density at radius 1 is 1.39 bits per heavy atom. The number of nitrogens with one attached hydrogen (secondary N) is 1. The van der Waals surface area contributed by atoms with Gasteiger partial charge >= 0.3 is 0 Å². The predicted octanol–water partition coefficient (Wildman–Crippen LogP) is 0.189. The highest BCUT2D eigenvalue weighted by atomic mass is 16.5. The molecule has 0 amide bonds. The molecule has 0 unspecified atom stereocenters. The summed E-state index contributed by atoms with van der Waals surface area (Å²) in [7, 11) is 1.52. The fraction of sp³-hybridized carbons (Fsp3) is 0.250. The van der Waals surface area contributed by atoms with Gasteiger partial charge in [-0.05, 0) is 18.6 Å². The van der Waals surface area contributed by atoms with E-state index in [-0.39, 0.29) is 11.4 Å². The first kappa shape index (κ1) is 12.1. The number of hydrogen-bond acceptors (Lipinski definition) is 6. The van der Waals surface area contributed by atoms with Crippen LogP contribution in [0.25, 0.3) is 0 Å². The Kier molecular flexibility index (Phi) is 3.01. The summed E-state index contributed by atoms with van der Waals surface area (Å²) < 4.78 is 5.13. The highest BCUT2D eigenvalue weighted by molar-refractivity contribution is 5.71. The number of aromatic nitrogens is 1. The first-order valence-corrected chi connectivity index (χ1v) is 5.37. The first-order chi connectivity index (χ1) is 8.56. The fourth-order valence-corrected chi connectivity index (χ4v) is 1.72. The van der Waals surface area contributed by atoms with E-state index in [1.165, 1.54) is 7.11 Å². The summed E-state index contributed by atoms with van der Waals surface area (Å²) in [5.74, 6) is 0.486. The third-order valence-corrected chi connectivity index (χ3v) is 2.83. The van der Waals surface area contributed by atoms with Crippen molar-refractivity contribution >= 4 is 11.4 Å². The van der Waals surface area contributed by atoms with Crippen LogP contribution in [0.4, 0.5) is 11.4 Å². The zero-order chi connectivity index (χ0) is 13.3. The maximum absolute atomic E-state index is 11.2. The van der Waals surface area contributed by atoms with Crippen LogP contribution in [-0.2, 0) is 6.54 Å². The number of ether oxygens (including phenoxy) is 1. The Morgan fingerprint density at radius 3 is 2.72 bits per heavy atom. The largest absolute Gasteiger partial charge is 0.481 e. The molecule has 6 heteroatoms. The van der Waals surface area contributed by atoms with Crippen LogP contribution < -0.4 is 26.6 Å². The quantitative estimate of drug-likeness (QED) is 0.749. The van der Waals surface area contributed by atoms with Crippen LogP contribution in [0.1, 0.15) is 11.1 Å². The predicted molar refractivity (Wildman–Crippen MR) is 68.6 cm³/mol. The molecule has 1 heterocycles. The number of aryl methyl sites for hydroxylation is 1. The molecule has 0 aliphatic heterocycles. The molecular weight excluding hydrogens is 234 g/mol. The minimum Gasteiger partial charge on any atom is -0.481 e. The van der Waals surface area contributed by atoms with E-state index in [1.54, 1.807) is 6.20 Å². The van der Waals surface area contributed by atoms with E-state index in [1.807, 2.05) is 13.0 Å². The van der Waals surface area contributed by atoms with Gasteiger partial charge < -0.3 is 15.8 Å². The SMILES string of the molecule is COc1nccc(C)c1CNc1c(N)c(=O)c1=O. The summed E-state index contributed by atoms with van der Waals surface area (Å²) in [6.07, 6.45) is 1.64. The van der Waals surface area contributed by atoms with Crippen molar-refractivity contribution in [1.82, 2.24) is 4.98 Å². The third kappa shape index (κ3) is 1.81. The van der Waals surface area contributed by atoms with Gasteiger partial charge in [0.15, 0.2) is 0 Å². The van der Waals surface area contributed by atoms with Crippen LogP contribution >= 0.6 is 0 Å². The molecule has 0 spiro atoms. The monoisotopic (exact) mass is 247 g/mol. The van der Waals surface area contributed by atoms with Crippen molar-refractivity contribution in [1.29, 1.82) is 0 Å². The van der Waals surface area contributed by atoms with Crippen molar-refractivity contribution in [3.8, 4) is 5.88 Å². The van der Waals surface area contributed by atoms with E-state index < -0.39 is 10.9 Å². The molecule has 0 atom stereocenters. The van der Waals surface area contributed by atoms with Crippen LogP contribution in [0, 0.1) is 6.92 Å². The van der Waals surface area contributed by atoms with Crippen LogP contribution in [0.15, 0.2) is 21.9 Å². The molecule has 0 saturated carbocycles. The Morgan fingerprint density at radius 2 is 2.11 bits per heavy atom. The first-order valence-electron chi connectivity index (χ1n) is 5.37. The maximum Gasteiger partial charge on any atom is 0.253 e. The van der Waals surface area contributed by atoms with Gasteiger partial charge in [0.1, 0.15) is 11.4 Å². The molecule has 3 N–H and O–H groups in total. The third-order valence-electron chi connectivity index (χ3n) is 2.83. The summed E-state index contributed by atoms with van der Waals surface area (Å²) in [6, 6.07) is 1.84. The molecule has 2 aromatic rings. The second-order valence-corrected chi connectivity index (χ2v) is 3.92. The lowest BCUT2D eigenvalue weighted by atomic mass is 10.1. The number of hydrogen-bond donors (Lipinski definition) is 2. The van der Waals surface area contributed by atoms with Gasteiger partial charge in [0.05, 0.1) is 7.11 Å². The van der Waals surface area contributed by atoms with Crippen molar-refractivity contribution in [2.45, 2.75) is 13.5 Å². The standard InChI is InChI=1S/C12H13N3O3/c1-6-3-4-14-12(18-2)7(6)5-15-9-8(13)10(16)11(9)17/h3-4,15H,5,13H2,1-2H3. The van der Waals surface area contributed by atoms with Gasteiger partial charge in [-0.1, -0.05) is 0 Å². The van der Waals surface area contributed by atoms with Crippen molar-refractivity contribution in [2.24, 2.45) is 0 Å². The lowest BCUT2D eigenvalue weighted by Gasteiger charge is -2.13. The average Bonchev–Trinajstić information content (AvgIpc) is 2.39. The van der Waals surface area contributed by atoms with Crippen molar-refractivity contribution in [2.75, 3.05) is 18.2 Å². The highest BCUT2D eigenvalue weighted by Crippen LogP contribution is 2.20. The van der Waals surface area contributed by atoms with Gasteiger partial charge in [0, 0.05) is 18.3 Å². The minimum absolute atomic E-state index is 0.0134. The van der Waals surface area contributed by atoms with Gasteiger partial charge in [-0.25, -0.2) is 4.98 Å². The smallest absolute Gasteiger partial charge is 0.253 e. The maximum atomic E-state index is 11.2. The Bertz CT molecular complexity index is 657. The molecule has 6 nitrogen and oxygen atoms in total. The van der Waals surface area contributed by atoms with Crippen LogP contribution in [0.2, 0.25) is 0 Å². The molecule has 0 aliphatic rings. The number of rotatable bonds is 4. The van der Waals surface area contributed by atoms with E-state index in [9.17, 15) is 9.59 Å². The summed E-state index contributed by atoms with van der Waals surface area (Å²) in [5.41, 5.74) is 6.18. The number of pyridine rings is 1. The average molecular weight is 247 g/mol. The second kappa shape index (κ2) is 4.48. The van der Waals surface area contributed by atoms with Crippen LogP contribution in [0.3, 0.4) is 0 Å². The number of nitrogen functional groups attached to an aromatic ring is 1. The number of nitrogens with two attached hydrogens (primary N) is 1. The van der Waals surface area contributed by atoms with Gasteiger partial charge in [-0.3, -0.25) is 9.59 Å². The fourth-order valence-electron chi connectivity index (χ4n) is 1.72. The lowest BCUT2D eigenvalue weighted by Crippen LogP contribution is -2.37. The molecular formula is C12H13N3O3. The van der Waals surface area contributed by atoms with Crippen molar-refractivity contribution < 1.29 is 4.74 Å². The lowest BCUT2D eigenvalue weighted by molar-refractivity contribution is 0.392. The van der Waals surface area contributed by atoms with Crippen LogP contribution in [0.5, 0.6) is 5.88 Å². The molecule has 0 aliphatic carbocycles. The normalized spacial score (nSPS) is 10.6. The summed E-state index contributed by atoms with van der Waals surface area (Å²) in [6.45, 7) is 2.24. The van der Waals surface area contributed by atoms with Crippen molar-refractivity contribution in [3.63, 3.8) is 0 Å².